The molecule has 0 aromatic carbocycles. The summed E-state index contributed by atoms with van der Waals surface area (Å²) in [5, 5.41) is 3.52. The molecule has 0 radical (unpaired) electrons. The van der Waals surface area contributed by atoms with E-state index in [4.69, 9.17) is 0 Å². The Hall–Kier alpha value is -0.170. The van der Waals surface area contributed by atoms with E-state index in [1.807, 2.05) is 6.92 Å². The highest BCUT2D eigenvalue weighted by Crippen LogP contribution is 2.23. The molecule has 5 nitrogen and oxygen atoms in total. The third-order valence-corrected chi connectivity index (χ3v) is 5.97. The topological polar surface area (TPSA) is 52.7 Å². The average molecular weight is 289 g/mol. The van der Waals surface area contributed by atoms with Gasteiger partial charge in [0, 0.05) is 32.7 Å². The average Bonchev–Trinajstić information content (AvgIpc) is 3.21. The van der Waals surface area contributed by atoms with Crippen molar-refractivity contribution >= 4 is 10.2 Å². The number of hydrogen-bond donors (Lipinski definition) is 1. The molecule has 0 spiro atoms. The summed E-state index contributed by atoms with van der Waals surface area (Å²) in [4.78, 5) is 0. The molecule has 0 aromatic rings. The Morgan fingerprint density at radius 3 is 2.68 bits per heavy atom. The van der Waals surface area contributed by atoms with Crippen molar-refractivity contribution in [2.75, 3.05) is 33.2 Å². The lowest BCUT2D eigenvalue weighted by Crippen LogP contribution is -2.48. The quantitative estimate of drug-likeness (QED) is 0.762. The SMILES string of the molecule is CCCN(C)S(=O)(=O)N1CCCC(CNC2CC2)C1. The van der Waals surface area contributed by atoms with Gasteiger partial charge in [-0.3, -0.25) is 0 Å². The highest BCUT2D eigenvalue weighted by atomic mass is 32.2. The summed E-state index contributed by atoms with van der Waals surface area (Å²) in [7, 11) is -1.56. The smallest absolute Gasteiger partial charge is 0.281 e. The molecule has 0 amide bonds. The monoisotopic (exact) mass is 289 g/mol. The van der Waals surface area contributed by atoms with Crippen LogP contribution in [0.3, 0.4) is 0 Å². The van der Waals surface area contributed by atoms with Crippen LogP contribution in [0.25, 0.3) is 0 Å². The second-order valence-electron chi connectivity index (χ2n) is 5.88. The largest absolute Gasteiger partial charge is 0.314 e. The van der Waals surface area contributed by atoms with Crippen LogP contribution < -0.4 is 5.32 Å². The van der Waals surface area contributed by atoms with Gasteiger partial charge in [-0.1, -0.05) is 6.92 Å². The zero-order valence-corrected chi connectivity index (χ0v) is 13.0. The van der Waals surface area contributed by atoms with Crippen LogP contribution in [0.1, 0.15) is 39.0 Å². The predicted molar refractivity (Wildman–Crippen MR) is 77.2 cm³/mol. The molecule has 1 heterocycles. The van der Waals surface area contributed by atoms with E-state index in [1.54, 1.807) is 11.4 Å². The van der Waals surface area contributed by atoms with Gasteiger partial charge in [0.1, 0.15) is 0 Å². The van der Waals surface area contributed by atoms with Crippen molar-refractivity contribution in [1.82, 2.24) is 13.9 Å². The van der Waals surface area contributed by atoms with Crippen LogP contribution in [0.15, 0.2) is 0 Å². The lowest BCUT2D eigenvalue weighted by atomic mass is 10.00. The lowest BCUT2D eigenvalue weighted by Gasteiger charge is -2.34. The minimum atomic E-state index is -3.24. The molecule has 2 rings (SSSR count). The van der Waals surface area contributed by atoms with Gasteiger partial charge in [-0.25, -0.2) is 0 Å². The molecule has 1 atom stereocenters. The van der Waals surface area contributed by atoms with Gasteiger partial charge in [0.15, 0.2) is 0 Å². The van der Waals surface area contributed by atoms with Crippen molar-refractivity contribution in [2.45, 2.75) is 45.1 Å². The first-order valence-electron chi connectivity index (χ1n) is 7.48. The molecule has 1 saturated heterocycles. The van der Waals surface area contributed by atoms with E-state index < -0.39 is 10.2 Å². The van der Waals surface area contributed by atoms with Gasteiger partial charge >= 0.3 is 0 Å². The fourth-order valence-corrected chi connectivity index (χ4v) is 4.22. The first-order chi connectivity index (χ1) is 9.04. The second-order valence-corrected chi connectivity index (χ2v) is 7.91. The molecule has 0 aromatic heterocycles. The van der Waals surface area contributed by atoms with E-state index in [0.29, 0.717) is 31.6 Å². The fourth-order valence-electron chi connectivity index (χ4n) is 2.65. The Kier molecular flexibility index (Phi) is 5.22. The second kappa shape index (κ2) is 6.52. The maximum atomic E-state index is 12.4. The molecule has 0 bridgehead atoms. The first-order valence-corrected chi connectivity index (χ1v) is 8.88. The molecule has 19 heavy (non-hydrogen) atoms. The molecule has 2 aliphatic rings. The Labute approximate surface area is 117 Å². The maximum absolute atomic E-state index is 12.4. The van der Waals surface area contributed by atoms with Crippen LogP contribution >= 0.6 is 0 Å². The van der Waals surface area contributed by atoms with E-state index in [9.17, 15) is 8.42 Å². The molecule has 1 unspecified atom stereocenters. The van der Waals surface area contributed by atoms with E-state index in [-0.39, 0.29) is 0 Å². The summed E-state index contributed by atoms with van der Waals surface area (Å²) in [6.45, 7) is 4.93. The van der Waals surface area contributed by atoms with Crippen LogP contribution in [0, 0.1) is 5.92 Å². The van der Waals surface area contributed by atoms with Crippen molar-refractivity contribution in [1.29, 1.82) is 0 Å². The molecule has 2 fully saturated rings. The number of nitrogens with zero attached hydrogens (tertiary/aromatic N) is 2. The molecule has 1 aliphatic heterocycles. The minimum Gasteiger partial charge on any atom is -0.314 e. The van der Waals surface area contributed by atoms with Gasteiger partial charge in [0.2, 0.25) is 0 Å². The normalized spacial score (nSPS) is 25.9. The third-order valence-electron chi connectivity index (χ3n) is 4.01. The highest BCUT2D eigenvalue weighted by molar-refractivity contribution is 7.86. The Morgan fingerprint density at radius 1 is 1.32 bits per heavy atom. The van der Waals surface area contributed by atoms with E-state index in [0.717, 1.165) is 25.8 Å². The summed E-state index contributed by atoms with van der Waals surface area (Å²) in [6, 6.07) is 0.703. The predicted octanol–water partition coefficient (Wildman–Crippen LogP) is 1.04. The Morgan fingerprint density at radius 2 is 2.05 bits per heavy atom. The van der Waals surface area contributed by atoms with Crippen LogP contribution in [0.5, 0.6) is 0 Å². The summed E-state index contributed by atoms with van der Waals surface area (Å²) in [5.41, 5.74) is 0. The summed E-state index contributed by atoms with van der Waals surface area (Å²) >= 11 is 0. The van der Waals surface area contributed by atoms with Gasteiger partial charge in [-0.05, 0) is 44.6 Å². The van der Waals surface area contributed by atoms with Gasteiger partial charge in [0.25, 0.3) is 10.2 Å². The molecule has 6 heteroatoms. The number of rotatable bonds is 7. The van der Waals surface area contributed by atoms with Gasteiger partial charge < -0.3 is 5.32 Å². The van der Waals surface area contributed by atoms with Crippen molar-refractivity contribution in [3.05, 3.63) is 0 Å². The highest BCUT2D eigenvalue weighted by Gasteiger charge is 2.32. The van der Waals surface area contributed by atoms with Crippen LogP contribution in [0.4, 0.5) is 0 Å². The Balaban J connectivity index is 1.87. The van der Waals surface area contributed by atoms with Crippen molar-refractivity contribution < 1.29 is 8.42 Å². The van der Waals surface area contributed by atoms with Gasteiger partial charge in [-0.2, -0.15) is 17.0 Å². The lowest BCUT2D eigenvalue weighted by molar-refractivity contribution is 0.246. The van der Waals surface area contributed by atoms with Gasteiger partial charge in [-0.15, -0.1) is 0 Å². The van der Waals surface area contributed by atoms with Crippen LogP contribution in [0.2, 0.25) is 0 Å². The zero-order chi connectivity index (χ0) is 13.9. The van der Waals surface area contributed by atoms with E-state index in [2.05, 4.69) is 5.32 Å². The molecular weight excluding hydrogens is 262 g/mol. The van der Waals surface area contributed by atoms with Crippen molar-refractivity contribution in [3.8, 4) is 0 Å². The molecule has 1 aliphatic carbocycles. The van der Waals surface area contributed by atoms with E-state index in [1.165, 1.54) is 17.1 Å². The Bertz CT molecular complexity index is 381. The molecule has 1 N–H and O–H groups in total. The summed E-state index contributed by atoms with van der Waals surface area (Å²) < 4.78 is 28.0. The fraction of sp³-hybridized carbons (Fsp3) is 1.00. The van der Waals surface area contributed by atoms with Gasteiger partial charge in [0.05, 0.1) is 0 Å². The molecule has 112 valence electrons. The van der Waals surface area contributed by atoms with Crippen LogP contribution in [-0.4, -0.2) is 56.3 Å². The summed E-state index contributed by atoms with van der Waals surface area (Å²) in [5.74, 6) is 0.471. The standard InChI is InChI=1S/C13H27N3O2S/c1-3-8-15(2)19(17,18)16-9-4-5-12(11-16)10-14-13-6-7-13/h12-14H,3-11H2,1-2H3. The number of hydrogen-bond acceptors (Lipinski definition) is 3. The van der Waals surface area contributed by atoms with E-state index >= 15 is 0 Å². The number of nitrogens with one attached hydrogen (secondary N) is 1. The van der Waals surface area contributed by atoms with Crippen LogP contribution in [-0.2, 0) is 10.2 Å². The minimum absolute atomic E-state index is 0.471. The third kappa shape index (κ3) is 4.15. The van der Waals surface area contributed by atoms with Crippen molar-refractivity contribution in [3.63, 3.8) is 0 Å². The zero-order valence-electron chi connectivity index (χ0n) is 12.1. The van der Waals surface area contributed by atoms with Crippen molar-refractivity contribution in [2.24, 2.45) is 5.92 Å². The number of piperidine rings is 1. The first kappa shape index (κ1) is 15.2. The molecule has 1 saturated carbocycles. The maximum Gasteiger partial charge on any atom is 0.281 e. The molecular formula is C13H27N3O2S. The summed E-state index contributed by atoms with van der Waals surface area (Å²) in [6.07, 6.45) is 5.55.